The van der Waals surface area contributed by atoms with Crippen molar-refractivity contribution in [3.8, 4) is 6.07 Å². The smallest absolute Gasteiger partial charge is 0.163 e. The molecule has 0 heterocycles. The molecule has 1 rings (SSSR count). The number of nitriles is 1. The zero-order valence-corrected chi connectivity index (χ0v) is 7.93. The highest BCUT2D eigenvalue weighted by molar-refractivity contribution is 6.30. The van der Waals surface area contributed by atoms with E-state index in [1.165, 1.54) is 6.07 Å². The maximum absolute atomic E-state index is 11.3. The van der Waals surface area contributed by atoms with E-state index in [9.17, 15) is 4.79 Å². The molecule has 0 unspecified atom stereocenters. The Bertz CT molecular complexity index is 379. The van der Waals surface area contributed by atoms with Crippen molar-refractivity contribution in [2.24, 2.45) is 0 Å². The van der Waals surface area contributed by atoms with Gasteiger partial charge in [0, 0.05) is 17.0 Å². The highest BCUT2D eigenvalue weighted by Gasteiger charge is 2.08. The van der Waals surface area contributed by atoms with Crippen LogP contribution in [-0.4, -0.2) is 5.78 Å². The maximum Gasteiger partial charge on any atom is 0.163 e. The predicted octanol–water partition coefficient (Wildman–Crippen LogP) is 2.80. The SMILES string of the molecule is CCC(=O)c1ccc(Cl)cc1C#N. The fourth-order valence-electron chi connectivity index (χ4n) is 1.04. The summed E-state index contributed by atoms with van der Waals surface area (Å²) < 4.78 is 0. The van der Waals surface area contributed by atoms with E-state index in [1.807, 2.05) is 6.07 Å². The number of halogens is 1. The lowest BCUT2D eigenvalue weighted by atomic mass is 10.0. The summed E-state index contributed by atoms with van der Waals surface area (Å²) in [4.78, 5) is 11.3. The van der Waals surface area contributed by atoms with Gasteiger partial charge < -0.3 is 0 Å². The van der Waals surface area contributed by atoms with Gasteiger partial charge in [-0.25, -0.2) is 0 Å². The van der Waals surface area contributed by atoms with Crippen LogP contribution in [0.15, 0.2) is 18.2 Å². The Hall–Kier alpha value is -1.33. The third-order valence-corrected chi connectivity index (χ3v) is 1.96. The van der Waals surface area contributed by atoms with E-state index < -0.39 is 0 Å². The zero-order valence-electron chi connectivity index (χ0n) is 7.17. The van der Waals surface area contributed by atoms with Crippen LogP contribution in [0.1, 0.15) is 29.3 Å². The molecule has 0 saturated heterocycles. The molecular formula is C10H8ClNO. The normalized spacial score (nSPS) is 9.31. The number of hydrogen-bond donors (Lipinski definition) is 0. The summed E-state index contributed by atoms with van der Waals surface area (Å²) in [5.74, 6) is -0.0341. The lowest BCUT2D eigenvalue weighted by Crippen LogP contribution is -1.99. The second-order valence-corrected chi connectivity index (χ2v) is 3.01. The third-order valence-electron chi connectivity index (χ3n) is 1.72. The van der Waals surface area contributed by atoms with Crippen LogP contribution in [0.25, 0.3) is 0 Å². The number of rotatable bonds is 2. The van der Waals surface area contributed by atoms with E-state index in [1.54, 1.807) is 19.1 Å². The maximum atomic E-state index is 11.3. The summed E-state index contributed by atoms with van der Waals surface area (Å²) in [6, 6.07) is 6.66. The largest absolute Gasteiger partial charge is 0.294 e. The zero-order chi connectivity index (χ0) is 9.84. The minimum atomic E-state index is -0.0341. The first kappa shape index (κ1) is 9.76. The van der Waals surface area contributed by atoms with Crippen LogP contribution in [0.3, 0.4) is 0 Å². The van der Waals surface area contributed by atoms with Crippen LogP contribution >= 0.6 is 11.6 Å². The van der Waals surface area contributed by atoms with Crippen molar-refractivity contribution in [1.82, 2.24) is 0 Å². The molecule has 0 aliphatic rings. The van der Waals surface area contributed by atoms with Crippen molar-refractivity contribution >= 4 is 17.4 Å². The number of nitrogens with zero attached hydrogens (tertiary/aromatic N) is 1. The van der Waals surface area contributed by atoms with Crippen LogP contribution in [0.2, 0.25) is 5.02 Å². The second kappa shape index (κ2) is 4.06. The molecule has 1 aromatic rings. The second-order valence-electron chi connectivity index (χ2n) is 2.58. The molecule has 0 saturated carbocycles. The molecule has 0 N–H and O–H groups in total. The number of Topliss-reactive ketones (excluding diaryl/α,β-unsaturated/α-hetero) is 1. The third kappa shape index (κ3) is 2.07. The highest BCUT2D eigenvalue weighted by Crippen LogP contribution is 2.16. The Balaban J connectivity index is 3.23. The molecular weight excluding hydrogens is 186 g/mol. The molecule has 2 nitrogen and oxygen atoms in total. The summed E-state index contributed by atoms with van der Waals surface area (Å²) in [5.41, 5.74) is 0.800. The van der Waals surface area contributed by atoms with Gasteiger partial charge in [-0.15, -0.1) is 0 Å². The van der Waals surface area contributed by atoms with Crippen molar-refractivity contribution < 1.29 is 4.79 Å². The van der Waals surface area contributed by atoms with Gasteiger partial charge in [-0.05, 0) is 18.2 Å². The standard InChI is InChI=1S/C10H8ClNO/c1-2-10(13)9-4-3-8(11)5-7(9)6-12/h3-5H,2H2,1H3. The quantitative estimate of drug-likeness (QED) is 0.678. The van der Waals surface area contributed by atoms with Crippen molar-refractivity contribution in [3.05, 3.63) is 34.3 Å². The van der Waals surface area contributed by atoms with Crippen molar-refractivity contribution in [3.63, 3.8) is 0 Å². The van der Waals surface area contributed by atoms with Crippen LogP contribution in [0, 0.1) is 11.3 Å². The van der Waals surface area contributed by atoms with Gasteiger partial charge in [-0.3, -0.25) is 4.79 Å². The molecule has 0 bridgehead atoms. The summed E-state index contributed by atoms with van der Waals surface area (Å²) in [6.07, 6.45) is 0.399. The molecule has 0 aliphatic carbocycles. The lowest BCUT2D eigenvalue weighted by molar-refractivity contribution is 0.0988. The van der Waals surface area contributed by atoms with Crippen molar-refractivity contribution in [1.29, 1.82) is 5.26 Å². The van der Waals surface area contributed by atoms with E-state index in [0.29, 0.717) is 22.6 Å². The predicted molar refractivity (Wildman–Crippen MR) is 50.8 cm³/mol. The Morgan fingerprint density at radius 3 is 2.85 bits per heavy atom. The molecule has 3 heteroatoms. The van der Waals surface area contributed by atoms with Crippen molar-refractivity contribution in [2.45, 2.75) is 13.3 Å². The minimum Gasteiger partial charge on any atom is -0.294 e. The molecule has 0 atom stereocenters. The first-order valence-electron chi connectivity index (χ1n) is 3.92. The summed E-state index contributed by atoms with van der Waals surface area (Å²) in [5, 5.41) is 9.20. The molecule has 0 aliphatic heterocycles. The highest BCUT2D eigenvalue weighted by atomic mass is 35.5. The number of ketones is 1. The van der Waals surface area contributed by atoms with Crippen LogP contribution < -0.4 is 0 Å². The van der Waals surface area contributed by atoms with E-state index in [4.69, 9.17) is 16.9 Å². The van der Waals surface area contributed by atoms with Gasteiger partial charge in [-0.2, -0.15) is 5.26 Å². The Kier molecular flexibility index (Phi) is 3.05. The molecule has 0 radical (unpaired) electrons. The molecule has 0 amide bonds. The Morgan fingerprint density at radius 1 is 1.62 bits per heavy atom. The van der Waals surface area contributed by atoms with E-state index in [-0.39, 0.29) is 5.78 Å². The van der Waals surface area contributed by atoms with Crippen LogP contribution in [0.4, 0.5) is 0 Å². The van der Waals surface area contributed by atoms with Gasteiger partial charge in [0.15, 0.2) is 5.78 Å². The molecule has 0 spiro atoms. The van der Waals surface area contributed by atoms with Gasteiger partial charge in [0.2, 0.25) is 0 Å². The van der Waals surface area contributed by atoms with Gasteiger partial charge in [0.25, 0.3) is 0 Å². The first-order valence-corrected chi connectivity index (χ1v) is 4.29. The van der Waals surface area contributed by atoms with E-state index in [0.717, 1.165) is 0 Å². The average molecular weight is 194 g/mol. The number of carbonyl (C=O) groups excluding carboxylic acids is 1. The minimum absolute atomic E-state index is 0.0341. The topological polar surface area (TPSA) is 40.9 Å². The number of benzene rings is 1. The first-order chi connectivity index (χ1) is 6.19. The Morgan fingerprint density at radius 2 is 2.31 bits per heavy atom. The van der Waals surface area contributed by atoms with Gasteiger partial charge >= 0.3 is 0 Å². The summed E-state index contributed by atoms with van der Waals surface area (Å²) in [6.45, 7) is 1.76. The molecule has 13 heavy (non-hydrogen) atoms. The number of carbonyl (C=O) groups is 1. The lowest BCUT2D eigenvalue weighted by Gasteiger charge is -2.00. The molecule has 66 valence electrons. The monoisotopic (exact) mass is 193 g/mol. The van der Waals surface area contributed by atoms with Gasteiger partial charge in [0.1, 0.15) is 0 Å². The summed E-state index contributed by atoms with van der Waals surface area (Å²) in [7, 11) is 0. The van der Waals surface area contributed by atoms with Gasteiger partial charge in [0.05, 0.1) is 11.6 Å². The van der Waals surface area contributed by atoms with Crippen LogP contribution in [-0.2, 0) is 0 Å². The van der Waals surface area contributed by atoms with Gasteiger partial charge in [-0.1, -0.05) is 18.5 Å². The average Bonchev–Trinajstić information content (AvgIpc) is 2.16. The van der Waals surface area contributed by atoms with E-state index in [2.05, 4.69) is 0 Å². The van der Waals surface area contributed by atoms with E-state index >= 15 is 0 Å². The molecule has 1 aromatic carbocycles. The molecule has 0 fully saturated rings. The fourth-order valence-corrected chi connectivity index (χ4v) is 1.21. The van der Waals surface area contributed by atoms with Crippen LogP contribution in [0.5, 0.6) is 0 Å². The van der Waals surface area contributed by atoms with Crippen molar-refractivity contribution in [2.75, 3.05) is 0 Å². The fraction of sp³-hybridized carbons (Fsp3) is 0.200. The Labute approximate surface area is 81.7 Å². The summed E-state index contributed by atoms with van der Waals surface area (Å²) >= 11 is 5.68. The number of hydrogen-bond acceptors (Lipinski definition) is 2. The molecule has 0 aromatic heterocycles.